The highest BCUT2D eigenvalue weighted by Gasteiger charge is 2.17. The van der Waals surface area contributed by atoms with E-state index in [1.54, 1.807) is 7.11 Å². The Morgan fingerprint density at radius 2 is 1.89 bits per heavy atom. The van der Waals surface area contributed by atoms with Crippen molar-refractivity contribution in [3.63, 3.8) is 0 Å². The third-order valence-corrected chi connectivity index (χ3v) is 3.92. The molecule has 8 heteroatoms. The molecule has 0 aliphatic rings. The van der Waals surface area contributed by atoms with E-state index < -0.39 is 18.9 Å². The quantitative estimate of drug-likeness (QED) is 0.726. The number of hydrogen-bond acceptors (Lipinski definition) is 5. The van der Waals surface area contributed by atoms with Crippen LogP contribution in [0.3, 0.4) is 0 Å². The van der Waals surface area contributed by atoms with E-state index in [4.69, 9.17) is 9.47 Å². The molecule has 0 unspecified atom stereocenters. The molecular formula is C19H23F2N3O3. The molecule has 0 saturated heterocycles. The minimum absolute atomic E-state index is 0.0573. The van der Waals surface area contributed by atoms with E-state index in [0.29, 0.717) is 6.54 Å². The summed E-state index contributed by atoms with van der Waals surface area (Å²) in [6, 6.07) is 10.3. The van der Waals surface area contributed by atoms with Crippen molar-refractivity contribution in [2.45, 2.75) is 12.5 Å². The fraction of sp³-hybridized carbons (Fsp3) is 0.368. The van der Waals surface area contributed by atoms with Crippen LogP contribution in [0.25, 0.3) is 0 Å². The molecule has 1 atom stereocenters. The molecule has 0 spiro atoms. The van der Waals surface area contributed by atoms with Crippen molar-refractivity contribution >= 4 is 5.91 Å². The number of amides is 1. The molecule has 0 fully saturated rings. The first-order chi connectivity index (χ1) is 12.9. The predicted molar refractivity (Wildman–Crippen MR) is 97.5 cm³/mol. The number of ether oxygens (including phenoxy) is 2. The summed E-state index contributed by atoms with van der Waals surface area (Å²) in [5.74, 6) is 0.526. The number of carbonyl (C=O) groups is 1. The highest BCUT2D eigenvalue weighted by Crippen LogP contribution is 2.21. The van der Waals surface area contributed by atoms with Gasteiger partial charge in [0.15, 0.2) is 0 Å². The summed E-state index contributed by atoms with van der Waals surface area (Å²) >= 11 is 0. The normalized spacial score (nSPS) is 12.1. The van der Waals surface area contributed by atoms with Gasteiger partial charge in [0.1, 0.15) is 23.8 Å². The summed E-state index contributed by atoms with van der Waals surface area (Å²) in [7, 11) is 5.43. The molecule has 0 radical (unpaired) electrons. The van der Waals surface area contributed by atoms with Crippen LogP contribution < -0.4 is 14.8 Å². The molecule has 27 heavy (non-hydrogen) atoms. The molecule has 1 N–H and O–H groups in total. The Bertz CT molecular complexity index is 739. The Hall–Kier alpha value is -2.74. The lowest BCUT2D eigenvalue weighted by Crippen LogP contribution is -2.34. The SMILES string of the molecule is COc1ccc([C@H](CNC(=O)c2cc(OCC(F)F)ccn2)N(C)C)cc1. The third-order valence-electron chi connectivity index (χ3n) is 3.92. The van der Waals surface area contributed by atoms with Gasteiger partial charge in [-0.15, -0.1) is 0 Å². The summed E-state index contributed by atoms with van der Waals surface area (Å²) in [4.78, 5) is 18.3. The first-order valence-electron chi connectivity index (χ1n) is 8.36. The van der Waals surface area contributed by atoms with Crippen LogP contribution in [0.1, 0.15) is 22.1 Å². The van der Waals surface area contributed by atoms with Gasteiger partial charge in [-0.2, -0.15) is 0 Å². The van der Waals surface area contributed by atoms with Crippen molar-refractivity contribution in [3.8, 4) is 11.5 Å². The van der Waals surface area contributed by atoms with E-state index >= 15 is 0 Å². The number of aromatic nitrogens is 1. The number of rotatable bonds is 9. The van der Waals surface area contributed by atoms with E-state index in [1.165, 1.54) is 18.3 Å². The third kappa shape index (κ3) is 6.18. The smallest absolute Gasteiger partial charge is 0.272 e. The number of alkyl halides is 2. The molecule has 0 saturated carbocycles. The van der Waals surface area contributed by atoms with E-state index in [0.717, 1.165) is 11.3 Å². The lowest BCUT2D eigenvalue weighted by atomic mass is 10.1. The lowest BCUT2D eigenvalue weighted by molar-refractivity contribution is 0.0817. The zero-order valence-corrected chi connectivity index (χ0v) is 15.5. The van der Waals surface area contributed by atoms with Crippen molar-refractivity contribution in [1.82, 2.24) is 15.2 Å². The van der Waals surface area contributed by atoms with Crippen LogP contribution in [-0.2, 0) is 0 Å². The van der Waals surface area contributed by atoms with Crippen LogP contribution >= 0.6 is 0 Å². The van der Waals surface area contributed by atoms with Crippen molar-refractivity contribution in [3.05, 3.63) is 53.9 Å². The monoisotopic (exact) mass is 379 g/mol. The number of carbonyl (C=O) groups excluding carboxylic acids is 1. The van der Waals surface area contributed by atoms with Gasteiger partial charge in [-0.1, -0.05) is 12.1 Å². The van der Waals surface area contributed by atoms with Crippen LogP contribution in [-0.4, -0.2) is 56.6 Å². The average Bonchev–Trinajstić information content (AvgIpc) is 2.66. The van der Waals surface area contributed by atoms with E-state index in [2.05, 4.69) is 10.3 Å². The number of nitrogens with one attached hydrogen (secondary N) is 1. The van der Waals surface area contributed by atoms with Gasteiger partial charge in [0.2, 0.25) is 0 Å². The number of nitrogens with zero attached hydrogens (tertiary/aromatic N) is 2. The summed E-state index contributed by atoms with van der Waals surface area (Å²) in [5.41, 5.74) is 1.12. The van der Waals surface area contributed by atoms with Crippen LogP contribution in [0, 0.1) is 0 Å². The van der Waals surface area contributed by atoms with Crippen molar-refractivity contribution in [1.29, 1.82) is 0 Å². The standard InChI is InChI=1S/C19H23F2N3O3/c1-24(2)17(13-4-6-14(26-3)7-5-13)11-23-19(25)16-10-15(8-9-22-16)27-12-18(20)21/h4-10,17-18H,11-12H2,1-3H3,(H,23,25)/t17-/m0/s1. The van der Waals surface area contributed by atoms with Gasteiger partial charge < -0.3 is 19.7 Å². The maximum atomic E-state index is 12.4. The molecule has 0 bridgehead atoms. The van der Waals surface area contributed by atoms with Crippen LogP contribution in [0.15, 0.2) is 42.6 Å². The fourth-order valence-corrected chi connectivity index (χ4v) is 2.49. The molecule has 6 nitrogen and oxygen atoms in total. The van der Waals surface area contributed by atoms with Crippen molar-refractivity contribution in [2.75, 3.05) is 34.4 Å². The molecule has 1 aromatic heterocycles. The van der Waals surface area contributed by atoms with E-state index in [-0.39, 0.29) is 17.5 Å². The Labute approximate surface area is 157 Å². The second kappa shape index (κ2) is 9.82. The highest BCUT2D eigenvalue weighted by molar-refractivity contribution is 5.92. The van der Waals surface area contributed by atoms with E-state index in [1.807, 2.05) is 43.3 Å². The van der Waals surface area contributed by atoms with Crippen LogP contribution in [0.5, 0.6) is 11.5 Å². The van der Waals surface area contributed by atoms with Gasteiger partial charge >= 0.3 is 0 Å². The number of benzene rings is 1. The Balaban J connectivity index is 2.02. The molecule has 2 aromatic rings. The van der Waals surface area contributed by atoms with Gasteiger partial charge in [-0.25, -0.2) is 8.78 Å². The summed E-state index contributed by atoms with van der Waals surface area (Å²) < 4.78 is 34.6. The first-order valence-corrected chi connectivity index (χ1v) is 8.36. The summed E-state index contributed by atoms with van der Waals surface area (Å²) in [5, 5.41) is 2.82. The average molecular weight is 379 g/mol. The molecule has 1 amide bonds. The van der Waals surface area contributed by atoms with Gasteiger partial charge in [0, 0.05) is 18.8 Å². The van der Waals surface area contributed by atoms with Gasteiger partial charge in [-0.05, 0) is 37.9 Å². The summed E-state index contributed by atoms with van der Waals surface area (Å²) in [6.45, 7) is -0.382. The summed E-state index contributed by atoms with van der Waals surface area (Å²) in [6.07, 6.45) is -1.23. The first kappa shape index (κ1) is 20.6. The van der Waals surface area contributed by atoms with Crippen molar-refractivity contribution < 1.29 is 23.0 Å². The Kier molecular flexibility index (Phi) is 7.48. The van der Waals surface area contributed by atoms with Gasteiger partial charge in [-0.3, -0.25) is 9.78 Å². The maximum Gasteiger partial charge on any atom is 0.272 e. The Morgan fingerprint density at radius 3 is 2.48 bits per heavy atom. The number of pyridine rings is 1. The maximum absolute atomic E-state index is 12.4. The van der Waals surface area contributed by atoms with Gasteiger partial charge in [0.25, 0.3) is 12.3 Å². The van der Waals surface area contributed by atoms with E-state index in [9.17, 15) is 13.6 Å². The Morgan fingerprint density at radius 1 is 1.19 bits per heavy atom. The molecule has 0 aliphatic heterocycles. The number of hydrogen-bond donors (Lipinski definition) is 1. The molecular weight excluding hydrogens is 356 g/mol. The van der Waals surface area contributed by atoms with Gasteiger partial charge in [0.05, 0.1) is 13.2 Å². The highest BCUT2D eigenvalue weighted by atomic mass is 19.3. The minimum atomic E-state index is -2.58. The largest absolute Gasteiger partial charge is 0.497 e. The second-order valence-corrected chi connectivity index (χ2v) is 6.04. The van der Waals surface area contributed by atoms with Crippen molar-refractivity contribution in [2.24, 2.45) is 0 Å². The van der Waals surface area contributed by atoms with Crippen LogP contribution in [0.4, 0.5) is 8.78 Å². The molecule has 2 rings (SSSR count). The number of methoxy groups -OCH3 is 1. The zero-order chi connectivity index (χ0) is 19.8. The second-order valence-electron chi connectivity index (χ2n) is 6.04. The molecule has 1 aromatic carbocycles. The topological polar surface area (TPSA) is 63.7 Å². The lowest BCUT2D eigenvalue weighted by Gasteiger charge is -2.25. The fourth-order valence-electron chi connectivity index (χ4n) is 2.49. The minimum Gasteiger partial charge on any atom is -0.497 e. The molecule has 1 heterocycles. The number of halogens is 2. The molecule has 146 valence electrons. The molecule has 0 aliphatic carbocycles. The predicted octanol–water partition coefficient (Wildman–Crippen LogP) is 2.77. The number of likely N-dealkylation sites (N-methyl/N-ethyl adjacent to an activating group) is 1. The van der Waals surface area contributed by atoms with Crippen LogP contribution in [0.2, 0.25) is 0 Å². The zero-order valence-electron chi connectivity index (χ0n) is 15.5.